The molecule has 0 aliphatic rings. The molecule has 3 aromatic rings. The number of ether oxygens (including phenoxy) is 1. The molecule has 0 radical (unpaired) electrons. The van der Waals surface area contributed by atoms with Crippen molar-refractivity contribution >= 4 is 38.4 Å². The number of hydrogen-bond acceptors (Lipinski definition) is 6. The molecular weight excluding hydrogens is 296 g/mol. The Labute approximate surface area is 124 Å². The van der Waals surface area contributed by atoms with Crippen molar-refractivity contribution in [3.8, 4) is 11.6 Å². The van der Waals surface area contributed by atoms with Crippen LogP contribution in [0.1, 0.15) is 0 Å². The van der Waals surface area contributed by atoms with Gasteiger partial charge in [-0.3, -0.25) is 0 Å². The van der Waals surface area contributed by atoms with Crippen LogP contribution in [-0.4, -0.2) is 29.0 Å². The molecular formula is C13H11ClN4OS. The lowest BCUT2D eigenvalue weighted by Crippen LogP contribution is -2.07. The van der Waals surface area contributed by atoms with E-state index in [4.69, 9.17) is 16.3 Å². The summed E-state index contributed by atoms with van der Waals surface area (Å²) in [6.07, 6.45) is 0. The Hall–Kier alpha value is -1.92. The summed E-state index contributed by atoms with van der Waals surface area (Å²) in [5, 5.41) is 0.952. The van der Waals surface area contributed by atoms with Crippen LogP contribution in [-0.2, 0) is 0 Å². The van der Waals surface area contributed by atoms with E-state index in [0.717, 1.165) is 9.83 Å². The molecule has 2 heterocycles. The molecule has 0 saturated heterocycles. The number of aromatic nitrogens is 3. The molecule has 2 aromatic heterocycles. The first-order valence-electron chi connectivity index (χ1n) is 5.88. The fourth-order valence-corrected chi connectivity index (χ4v) is 2.64. The Balaban J connectivity index is 2.09. The maximum absolute atomic E-state index is 5.93. The first-order valence-corrected chi connectivity index (χ1v) is 7.07. The molecule has 0 bridgehead atoms. The minimum Gasteiger partial charge on any atom is -0.437 e. The van der Waals surface area contributed by atoms with Gasteiger partial charge in [-0.05, 0) is 23.7 Å². The molecule has 0 fully saturated rings. The van der Waals surface area contributed by atoms with Gasteiger partial charge < -0.3 is 9.64 Å². The van der Waals surface area contributed by atoms with Gasteiger partial charge in [0.25, 0.3) is 0 Å². The van der Waals surface area contributed by atoms with Crippen LogP contribution in [0.5, 0.6) is 11.6 Å². The van der Waals surface area contributed by atoms with Gasteiger partial charge in [0.05, 0.1) is 0 Å². The normalized spacial score (nSPS) is 10.8. The number of rotatable bonds is 3. The topological polar surface area (TPSA) is 51.1 Å². The van der Waals surface area contributed by atoms with Crippen LogP contribution in [0.2, 0.25) is 5.28 Å². The van der Waals surface area contributed by atoms with E-state index in [1.54, 1.807) is 0 Å². The Morgan fingerprint density at radius 2 is 1.85 bits per heavy atom. The van der Waals surface area contributed by atoms with Crippen LogP contribution in [0.3, 0.4) is 0 Å². The zero-order valence-corrected chi connectivity index (χ0v) is 12.4. The van der Waals surface area contributed by atoms with Gasteiger partial charge in [-0.25, -0.2) is 0 Å². The van der Waals surface area contributed by atoms with Gasteiger partial charge in [0.2, 0.25) is 11.2 Å². The maximum Gasteiger partial charge on any atom is 0.243 e. The summed E-state index contributed by atoms with van der Waals surface area (Å²) >= 11 is 7.39. The van der Waals surface area contributed by atoms with E-state index in [0.29, 0.717) is 17.3 Å². The molecule has 7 heteroatoms. The van der Waals surface area contributed by atoms with Gasteiger partial charge in [0, 0.05) is 14.1 Å². The van der Waals surface area contributed by atoms with Crippen molar-refractivity contribution in [3.63, 3.8) is 0 Å². The fourth-order valence-electron chi connectivity index (χ4n) is 1.62. The molecule has 0 aliphatic heterocycles. The minimum atomic E-state index is 0.124. The summed E-state index contributed by atoms with van der Waals surface area (Å²) in [4.78, 5) is 14.6. The molecule has 0 aliphatic carbocycles. The third-order valence-electron chi connectivity index (χ3n) is 2.52. The molecule has 0 saturated carbocycles. The second-order valence-electron chi connectivity index (χ2n) is 4.26. The number of anilines is 1. The van der Waals surface area contributed by atoms with E-state index in [-0.39, 0.29) is 5.28 Å². The molecule has 0 spiro atoms. The first-order chi connectivity index (χ1) is 9.63. The number of thiazole rings is 1. The summed E-state index contributed by atoms with van der Waals surface area (Å²) in [6.45, 7) is 0. The van der Waals surface area contributed by atoms with E-state index in [1.165, 1.54) is 11.3 Å². The van der Waals surface area contributed by atoms with Crippen molar-refractivity contribution < 1.29 is 4.74 Å². The highest BCUT2D eigenvalue weighted by Gasteiger charge is 2.15. The van der Waals surface area contributed by atoms with E-state index in [1.807, 2.05) is 49.3 Å². The van der Waals surface area contributed by atoms with E-state index >= 15 is 0 Å². The number of fused-ring (bicyclic) bond motifs is 1. The standard InChI is InChI=1S/C13H11ClN4OS/c1-18(2)13-16-10-9(20-13)11(17-12(14)15-10)19-8-6-4-3-5-7-8/h3-7H,1-2H3. The van der Waals surface area contributed by atoms with Crippen LogP contribution in [0, 0.1) is 0 Å². The predicted molar refractivity (Wildman–Crippen MR) is 81.1 cm³/mol. The lowest BCUT2D eigenvalue weighted by Gasteiger charge is -2.05. The van der Waals surface area contributed by atoms with Crippen LogP contribution in [0.4, 0.5) is 5.13 Å². The van der Waals surface area contributed by atoms with E-state index < -0.39 is 0 Å². The predicted octanol–water partition coefficient (Wildman–Crippen LogP) is 3.60. The summed E-state index contributed by atoms with van der Waals surface area (Å²) in [5.74, 6) is 1.13. The quantitative estimate of drug-likeness (QED) is 0.692. The largest absolute Gasteiger partial charge is 0.437 e. The van der Waals surface area contributed by atoms with Gasteiger partial charge >= 0.3 is 0 Å². The van der Waals surface area contributed by atoms with Crippen LogP contribution < -0.4 is 9.64 Å². The summed E-state index contributed by atoms with van der Waals surface area (Å²) in [6, 6.07) is 9.43. The highest BCUT2D eigenvalue weighted by atomic mass is 35.5. The molecule has 3 rings (SSSR count). The molecule has 20 heavy (non-hydrogen) atoms. The fraction of sp³-hybridized carbons (Fsp3) is 0.154. The van der Waals surface area contributed by atoms with Crippen molar-refractivity contribution in [1.29, 1.82) is 0 Å². The second-order valence-corrected chi connectivity index (χ2v) is 5.57. The smallest absolute Gasteiger partial charge is 0.243 e. The van der Waals surface area contributed by atoms with Crippen LogP contribution in [0.15, 0.2) is 30.3 Å². The Bertz CT molecular complexity index is 745. The van der Waals surface area contributed by atoms with Gasteiger partial charge in [-0.15, -0.1) is 0 Å². The number of nitrogens with zero attached hydrogens (tertiary/aromatic N) is 4. The van der Waals surface area contributed by atoms with E-state index in [2.05, 4.69) is 15.0 Å². The lowest BCUT2D eigenvalue weighted by molar-refractivity contribution is 0.469. The van der Waals surface area contributed by atoms with Crippen molar-refractivity contribution in [2.75, 3.05) is 19.0 Å². The number of para-hydroxylation sites is 1. The Kier molecular flexibility index (Phi) is 3.42. The van der Waals surface area contributed by atoms with Crippen molar-refractivity contribution in [3.05, 3.63) is 35.6 Å². The average molecular weight is 307 g/mol. The molecule has 1 aromatic carbocycles. The van der Waals surface area contributed by atoms with Gasteiger partial charge in [-0.1, -0.05) is 29.5 Å². The highest BCUT2D eigenvalue weighted by molar-refractivity contribution is 7.22. The lowest BCUT2D eigenvalue weighted by atomic mass is 10.3. The zero-order chi connectivity index (χ0) is 14.1. The maximum atomic E-state index is 5.93. The molecule has 0 N–H and O–H groups in total. The van der Waals surface area contributed by atoms with Gasteiger partial charge in [0.15, 0.2) is 10.8 Å². The van der Waals surface area contributed by atoms with Crippen LogP contribution in [0.25, 0.3) is 10.3 Å². The minimum absolute atomic E-state index is 0.124. The first kappa shape index (κ1) is 13.1. The van der Waals surface area contributed by atoms with Crippen molar-refractivity contribution in [2.45, 2.75) is 0 Å². The molecule has 0 atom stereocenters. The Morgan fingerprint density at radius 1 is 1.10 bits per heavy atom. The highest BCUT2D eigenvalue weighted by Crippen LogP contribution is 2.35. The summed E-state index contributed by atoms with van der Waals surface area (Å²) in [5.41, 5.74) is 0.546. The Morgan fingerprint density at radius 3 is 2.55 bits per heavy atom. The third-order valence-corrected chi connectivity index (χ3v) is 3.89. The molecule has 5 nitrogen and oxygen atoms in total. The summed E-state index contributed by atoms with van der Waals surface area (Å²) in [7, 11) is 3.84. The molecule has 0 amide bonds. The SMILES string of the molecule is CN(C)c1nc2nc(Cl)nc(Oc3ccccc3)c2s1. The number of benzene rings is 1. The van der Waals surface area contributed by atoms with Crippen molar-refractivity contribution in [2.24, 2.45) is 0 Å². The monoisotopic (exact) mass is 306 g/mol. The molecule has 0 unspecified atom stereocenters. The molecule has 102 valence electrons. The van der Waals surface area contributed by atoms with Crippen LogP contribution >= 0.6 is 22.9 Å². The van der Waals surface area contributed by atoms with Gasteiger partial charge in [-0.2, -0.15) is 15.0 Å². The van der Waals surface area contributed by atoms with E-state index in [9.17, 15) is 0 Å². The second kappa shape index (κ2) is 5.22. The zero-order valence-electron chi connectivity index (χ0n) is 10.9. The number of hydrogen-bond donors (Lipinski definition) is 0. The number of halogens is 1. The van der Waals surface area contributed by atoms with Crippen molar-refractivity contribution in [1.82, 2.24) is 15.0 Å². The third kappa shape index (κ3) is 2.52. The average Bonchev–Trinajstić information content (AvgIpc) is 2.84. The van der Waals surface area contributed by atoms with Gasteiger partial charge in [0.1, 0.15) is 10.4 Å². The summed E-state index contributed by atoms with van der Waals surface area (Å²) < 4.78 is 6.56.